The van der Waals surface area contributed by atoms with Crippen molar-refractivity contribution >= 4 is 27.9 Å². The van der Waals surface area contributed by atoms with E-state index in [0.29, 0.717) is 34.0 Å². The van der Waals surface area contributed by atoms with E-state index in [9.17, 15) is 17.8 Å². The van der Waals surface area contributed by atoms with Gasteiger partial charge in [0.2, 0.25) is 0 Å². The summed E-state index contributed by atoms with van der Waals surface area (Å²) in [5.41, 5.74) is 8.52. The fourth-order valence-corrected chi connectivity index (χ4v) is 8.51. The van der Waals surface area contributed by atoms with Crippen LogP contribution in [0.15, 0.2) is 131 Å². The molecule has 53 heavy (non-hydrogen) atoms. The number of ketones is 1. The fraction of sp³-hybridized carbons (Fsp3) is 0.119. The Kier molecular flexibility index (Phi) is 9.73. The van der Waals surface area contributed by atoms with E-state index < -0.39 is 21.3 Å². The van der Waals surface area contributed by atoms with Gasteiger partial charge in [-0.25, -0.2) is 5.26 Å². The molecule has 11 heteroatoms. The number of rotatable bonds is 11. The Morgan fingerprint density at radius 1 is 0.660 bits per heavy atom. The summed E-state index contributed by atoms with van der Waals surface area (Å²) in [6, 6.07) is 38.0. The highest BCUT2D eigenvalue weighted by Gasteiger charge is 2.46. The third-order valence-corrected chi connectivity index (χ3v) is 11.3. The van der Waals surface area contributed by atoms with Crippen molar-refractivity contribution in [3.05, 3.63) is 171 Å². The number of carbonyl (C=O) groups excluding carboxylic acids is 1. The molecule has 0 amide bonds. The molecule has 0 aliphatic heterocycles. The maximum atomic E-state index is 13.5. The van der Waals surface area contributed by atoms with E-state index in [4.69, 9.17) is 19.1 Å². The number of hydrogen-bond acceptors (Lipinski definition) is 9. The molecular weight excluding hydrogens is 713 g/mol. The minimum Gasteiger partial charge on any atom is -0.496 e. The molecule has 0 unspecified atom stereocenters. The topological polar surface area (TPSA) is 129 Å². The van der Waals surface area contributed by atoms with Crippen LogP contribution in [0.25, 0.3) is 11.1 Å². The van der Waals surface area contributed by atoms with Crippen molar-refractivity contribution in [1.82, 2.24) is 0 Å². The van der Waals surface area contributed by atoms with Crippen LogP contribution < -0.4 is 9.47 Å². The van der Waals surface area contributed by atoms with Crippen molar-refractivity contribution < 1.29 is 41.9 Å². The number of fused-ring (bicyclic) bond motifs is 3. The summed E-state index contributed by atoms with van der Waals surface area (Å²) in [4.78, 5) is 13.4. The van der Waals surface area contributed by atoms with Crippen molar-refractivity contribution in [2.24, 2.45) is 0 Å². The Hall–Kier alpha value is -5.27. The fourth-order valence-electron chi connectivity index (χ4n) is 7.29. The van der Waals surface area contributed by atoms with E-state index in [1.54, 1.807) is 13.2 Å². The number of hydrogen-bond donors (Lipinski definition) is 2. The first-order valence-corrected chi connectivity index (χ1v) is 18.7. The van der Waals surface area contributed by atoms with Gasteiger partial charge in [-0.05, 0) is 107 Å². The number of carbonyl (C=O) groups is 1. The normalized spacial score (nSPS) is 12.9. The zero-order valence-corrected chi connectivity index (χ0v) is 30.7. The second kappa shape index (κ2) is 14.3. The van der Waals surface area contributed by atoms with Crippen LogP contribution in [0.5, 0.6) is 17.2 Å². The van der Waals surface area contributed by atoms with Gasteiger partial charge in [0.15, 0.2) is 5.78 Å². The molecule has 2 N–H and O–H groups in total. The van der Waals surface area contributed by atoms with Crippen molar-refractivity contribution in [3.63, 3.8) is 0 Å². The quantitative estimate of drug-likeness (QED) is 0.0434. The van der Waals surface area contributed by atoms with Crippen LogP contribution in [0.2, 0.25) is 0 Å². The zero-order chi connectivity index (χ0) is 37.5. The van der Waals surface area contributed by atoms with Gasteiger partial charge in [-0.3, -0.25) is 9.35 Å². The summed E-state index contributed by atoms with van der Waals surface area (Å²) in [5, 5.41) is 12.8. The molecule has 0 bridgehead atoms. The van der Waals surface area contributed by atoms with Gasteiger partial charge >= 0.3 is 0 Å². The standard InChI is InChI=1S/C42H34O9S2/c1-25-13-14-29(24-40(25)53(45,46)47)41(43)28-15-18-38(39(23-28)52-51-50-44)49-37-20-17-31(22-27(37)3)42(30-16-19-36(48-4)26(2)21-30)34-11-7-5-9-32(34)33-10-6-8-12-35(33)42/h5-24,44H,1-4H3,(H,45,46,47). The highest BCUT2D eigenvalue weighted by Crippen LogP contribution is 2.56. The molecule has 6 aromatic carbocycles. The van der Waals surface area contributed by atoms with Crippen molar-refractivity contribution in [1.29, 1.82) is 0 Å². The molecule has 0 atom stereocenters. The van der Waals surface area contributed by atoms with Crippen molar-refractivity contribution in [2.75, 3.05) is 7.11 Å². The molecule has 6 aromatic rings. The van der Waals surface area contributed by atoms with E-state index in [0.717, 1.165) is 56.3 Å². The van der Waals surface area contributed by atoms with Crippen LogP contribution in [0.3, 0.4) is 0 Å². The van der Waals surface area contributed by atoms with Crippen molar-refractivity contribution in [3.8, 4) is 28.4 Å². The summed E-state index contributed by atoms with van der Waals surface area (Å²) < 4.78 is 50.2. The smallest absolute Gasteiger partial charge is 0.294 e. The first-order chi connectivity index (χ1) is 25.5. The summed E-state index contributed by atoms with van der Waals surface area (Å²) in [6.07, 6.45) is 0. The van der Waals surface area contributed by atoms with Gasteiger partial charge in [0.25, 0.3) is 10.1 Å². The van der Waals surface area contributed by atoms with Gasteiger partial charge < -0.3 is 9.47 Å². The molecule has 0 radical (unpaired) electrons. The van der Waals surface area contributed by atoms with E-state index in [2.05, 4.69) is 77.8 Å². The SMILES string of the molecule is COc1ccc(C2(c3ccc(Oc4ccc(C(=O)c5ccc(C)c(S(=O)(=O)O)c5)cc4SOOO)c(C)c3)c3ccccc3-c3ccccc32)cc1C. The summed E-state index contributed by atoms with van der Waals surface area (Å²) in [6.45, 7) is 5.52. The van der Waals surface area contributed by atoms with Crippen LogP contribution in [-0.4, -0.2) is 31.1 Å². The number of benzene rings is 6. The van der Waals surface area contributed by atoms with Crippen molar-refractivity contribution in [2.45, 2.75) is 36.0 Å². The predicted molar refractivity (Wildman–Crippen MR) is 201 cm³/mol. The summed E-state index contributed by atoms with van der Waals surface area (Å²) in [5.74, 6) is 1.14. The highest BCUT2D eigenvalue weighted by atomic mass is 32.2. The molecule has 0 heterocycles. The van der Waals surface area contributed by atoms with Crippen LogP contribution in [-0.2, 0) is 24.9 Å². The molecule has 0 aromatic heterocycles. The summed E-state index contributed by atoms with van der Waals surface area (Å²) >= 11 is 0.622. The minimum absolute atomic E-state index is 0.0506. The van der Waals surface area contributed by atoms with Gasteiger partial charge in [-0.2, -0.15) is 8.42 Å². The van der Waals surface area contributed by atoms with E-state index in [1.807, 2.05) is 26.0 Å². The third kappa shape index (κ3) is 6.41. The predicted octanol–water partition coefficient (Wildman–Crippen LogP) is 9.68. The van der Waals surface area contributed by atoms with Crippen LogP contribution >= 0.6 is 12.0 Å². The lowest BCUT2D eigenvalue weighted by molar-refractivity contribution is -0.432. The molecule has 0 fully saturated rings. The van der Waals surface area contributed by atoms with E-state index in [1.165, 1.54) is 31.2 Å². The maximum Gasteiger partial charge on any atom is 0.294 e. The molecular formula is C42H34O9S2. The molecule has 268 valence electrons. The first kappa shape index (κ1) is 36.1. The molecule has 9 nitrogen and oxygen atoms in total. The average Bonchev–Trinajstić information content (AvgIpc) is 3.45. The Morgan fingerprint density at radius 3 is 1.77 bits per heavy atom. The average molecular weight is 747 g/mol. The zero-order valence-electron chi connectivity index (χ0n) is 29.1. The van der Waals surface area contributed by atoms with Crippen LogP contribution in [0.4, 0.5) is 0 Å². The largest absolute Gasteiger partial charge is 0.496 e. The summed E-state index contributed by atoms with van der Waals surface area (Å²) in [7, 11) is -2.87. The number of aryl methyl sites for hydroxylation is 3. The Morgan fingerprint density at radius 2 is 1.21 bits per heavy atom. The molecule has 0 spiro atoms. The minimum atomic E-state index is -4.55. The molecule has 1 aliphatic rings. The first-order valence-electron chi connectivity index (χ1n) is 16.5. The van der Waals surface area contributed by atoms with Gasteiger partial charge in [-0.1, -0.05) is 90.0 Å². The van der Waals surface area contributed by atoms with Crippen LogP contribution in [0, 0.1) is 20.8 Å². The number of methoxy groups -OCH3 is 1. The lowest BCUT2D eigenvalue weighted by Crippen LogP contribution is -2.28. The third-order valence-electron chi connectivity index (χ3n) is 9.70. The highest BCUT2D eigenvalue weighted by molar-refractivity contribution is 7.94. The molecule has 0 saturated carbocycles. The Balaban J connectivity index is 1.30. The van der Waals surface area contributed by atoms with E-state index >= 15 is 0 Å². The lowest BCUT2D eigenvalue weighted by Gasteiger charge is -2.34. The monoisotopic (exact) mass is 746 g/mol. The molecule has 0 saturated heterocycles. The Labute approximate surface area is 311 Å². The van der Waals surface area contributed by atoms with Gasteiger partial charge in [0, 0.05) is 11.1 Å². The second-order valence-electron chi connectivity index (χ2n) is 12.8. The van der Waals surface area contributed by atoms with Gasteiger partial charge in [0.1, 0.15) is 17.2 Å². The van der Waals surface area contributed by atoms with E-state index in [-0.39, 0.29) is 16.0 Å². The Bertz CT molecular complexity index is 2460. The van der Waals surface area contributed by atoms with Gasteiger partial charge in [0.05, 0.1) is 34.4 Å². The number of ether oxygens (including phenoxy) is 2. The van der Waals surface area contributed by atoms with Gasteiger partial charge in [-0.15, -0.1) is 4.33 Å². The van der Waals surface area contributed by atoms with Crippen LogP contribution in [0.1, 0.15) is 54.9 Å². The maximum absolute atomic E-state index is 13.5. The second-order valence-corrected chi connectivity index (χ2v) is 14.9. The molecule has 1 aliphatic carbocycles. The lowest BCUT2D eigenvalue weighted by atomic mass is 9.67. The molecule has 7 rings (SSSR count).